The van der Waals surface area contributed by atoms with Crippen LogP contribution in [0.4, 0.5) is 11.4 Å². The quantitative estimate of drug-likeness (QED) is 0.890. The van der Waals surface area contributed by atoms with Crippen LogP contribution in [-0.4, -0.2) is 30.2 Å². The van der Waals surface area contributed by atoms with E-state index in [1.807, 2.05) is 36.4 Å². The van der Waals surface area contributed by atoms with Crippen LogP contribution >= 0.6 is 0 Å². The van der Waals surface area contributed by atoms with Crippen LogP contribution in [0.3, 0.4) is 0 Å². The maximum absolute atomic E-state index is 12.2. The highest BCUT2D eigenvalue weighted by molar-refractivity contribution is 5.94. The molecule has 0 aliphatic carbocycles. The number of para-hydroxylation sites is 2. The summed E-state index contributed by atoms with van der Waals surface area (Å²) in [6, 6.07) is 11.5. The number of aliphatic hydroxyl groups is 1. The Kier molecular flexibility index (Phi) is 4.98. The van der Waals surface area contributed by atoms with Crippen LogP contribution in [0.1, 0.15) is 25.0 Å². The summed E-state index contributed by atoms with van der Waals surface area (Å²) in [5.41, 5.74) is 1.85. The number of anilines is 2. The van der Waals surface area contributed by atoms with E-state index in [2.05, 4.69) is 10.2 Å². The number of furan rings is 1. The first-order chi connectivity index (χ1) is 11.2. The maximum Gasteiger partial charge on any atom is 0.224 e. The van der Waals surface area contributed by atoms with E-state index in [9.17, 15) is 9.90 Å². The highest BCUT2D eigenvalue weighted by Crippen LogP contribution is 2.28. The normalized spacial score (nSPS) is 15.6. The third-order valence-corrected chi connectivity index (χ3v) is 4.16. The average molecular weight is 314 g/mol. The Balaban J connectivity index is 1.62. The van der Waals surface area contributed by atoms with Gasteiger partial charge in [-0.3, -0.25) is 4.79 Å². The standard InChI is InChI=1S/C18H22N2O3/c21-14-9-11-20(12-10-14)17-6-2-1-5-16(17)19-18(22)8-7-15-4-3-13-23-15/h1-6,13-14,21H,7-12H2,(H,19,22). The van der Waals surface area contributed by atoms with Crippen molar-refractivity contribution >= 4 is 17.3 Å². The summed E-state index contributed by atoms with van der Waals surface area (Å²) in [6.45, 7) is 1.61. The number of nitrogens with zero attached hydrogens (tertiary/aromatic N) is 1. The van der Waals surface area contributed by atoms with Gasteiger partial charge in [-0.15, -0.1) is 0 Å². The summed E-state index contributed by atoms with van der Waals surface area (Å²) in [7, 11) is 0. The fourth-order valence-corrected chi connectivity index (χ4v) is 2.87. The zero-order valence-corrected chi connectivity index (χ0v) is 13.1. The fourth-order valence-electron chi connectivity index (χ4n) is 2.87. The molecule has 1 aromatic carbocycles. The maximum atomic E-state index is 12.2. The Bertz CT molecular complexity index is 631. The topological polar surface area (TPSA) is 65.7 Å². The average Bonchev–Trinajstić information content (AvgIpc) is 3.08. The first kappa shape index (κ1) is 15.6. The molecular formula is C18H22N2O3. The van der Waals surface area contributed by atoms with E-state index in [1.54, 1.807) is 6.26 Å². The largest absolute Gasteiger partial charge is 0.469 e. The number of carbonyl (C=O) groups is 1. The predicted molar refractivity (Wildman–Crippen MR) is 89.6 cm³/mol. The molecule has 5 heteroatoms. The second-order valence-corrected chi connectivity index (χ2v) is 5.86. The highest BCUT2D eigenvalue weighted by Gasteiger charge is 2.19. The van der Waals surface area contributed by atoms with Crippen LogP contribution in [0.15, 0.2) is 47.1 Å². The molecule has 2 aromatic rings. The number of amides is 1. The molecule has 5 nitrogen and oxygen atoms in total. The lowest BCUT2D eigenvalue weighted by atomic mass is 10.1. The molecule has 0 radical (unpaired) electrons. The number of aryl methyl sites for hydroxylation is 1. The summed E-state index contributed by atoms with van der Waals surface area (Å²) in [5, 5.41) is 12.6. The van der Waals surface area contributed by atoms with Gasteiger partial charge in [0.25, 0.3) is 0 Å². The second kappa shape index (κ2) is 7.33. The molecular weight excluding hydrogens is 292 g/mol. The zero-order chi connectivity index (χ0) is 16.1. The lowest BCUT2D eigenvalue weighted by molar-refractivity contribution is -0.116. The van der Waals surface area contributed by atoms with Crippen molar-refractivity contribution in [3.8, 4) is 0 Å². The van der Waals surface area contributed by atoms with Crippen molar-refractivity contribution in [3.63, 3.8) is 0 Å². The minimum absolute atomic E-state index is 0.0223. The molecule has 0 atom stereocenters. The van der Waals surface area contributed by atoms with Crippen LogP contribution < -0.4 is 10.2 Å². The van der Waals surface area contributed by atoms with E-state index >= 15 is 0 Å². The summed E-state index contributed by atoms with van der Waals surface area (Å²) < 4.78 is 5.25. The summed E-state index contributed by atoms with van der Waals surface area (Å²) in [5.74, 6) is 0.796. The second-order valence-electron chi connectivity index (χ2n) is 5.86. The van der Waals surface area contributed by atoms with E-state index in [0.717, 1.165) is 43.1 Å². The van der Waals surface area contributed by atoms with Crippen LogP contribution in [0.25, 0.3) is 0 Å². The summed E-state index contributed by atoms with van der Waals surface area (Å²) >= 11 is 0. The molecule has 0 unspecified atom stereocenters. The first-order valence-electron chi connectivity index (χ1n) is 8.06. The van der Waals surface area contributed by atoms with Crippen molar-refractivity contribution in [1.29, 1.82) is 0 Å². The molecule has 1 saturated heterocycles. The molecule has 23 heavy (non-hydrogen) atoms. The first-order valence-corrected chi connectivity index (χ1v) is 8.06. The molecule has 1 aliphatic heterocycles. The number of piperidine rings is 1. The van der Waals surface area contributed by atoms with Crippen molar-refractivity contribution < 1.29 is 14.3 Å². The number of hydrogen-bond donors (Lipinski definition) is 2. The lowest BCUT2D eigenvalue weighted by Crippen LogP contribution is -2.36. The predicted octanol–water partition coefficient (Wildman–Crippen LogP) is 2.81. The van der Waals surface area contributed by atoms with Gasteiger partial charge in [-0.25, -0.2) is 0 Å². The molecule has 1 aliphatic rings. The van der Waals surface area contributed by atoms with Gasteiger partial charge in [-0.1, -0.05) is 12.1 Å². The molecule has 1 aromatic heterocycles. The number of benzene rings is 1. The minimum atomic E-state index is -0.207. The molecule has 2 N–H and O–H groups in total. The third-order valence-electron chi connectivity index (χ3n) is 4.16. The van der Waals surface area contributed by atoms with Gasteiger partial charge in [-0.2, -0.15) is 0 Å². The van der Waals surface area contributed by atoms with Crippen LogP contribution in [0.2, 0.25) is 0 Å². The third kappa shape index (κ3) is 4.13. The molecule has 2 heterocycles. The Hall–Kier alpha value is -2.27. The molecule has 0 bridgehead atoms. The van der Waals surface area contributed by atoms with Crippen molar-refractivity contribution in [3.05, 3.63) is 48.4 Å². The van der Waals surface area contributed by atoms with E-state index in [0.29, 0.717) is 12.8 Å². The van der Waals surface area contributed by atoms with E-state index in [-0.39, 0.29) is 12.0 Å². The number of carbonyl (C=O) groups excluding carboxylic acids is 1. The van der Waals surface area contributed by atoms with Crippen LogP contribution in [0.5, 0.6) is 0 Å². The number of hydrogen-bond acceptors (Lipinski definition) is 4. The van der Waals surface area contributed by atoms with Crippen LogP contribution in [-0.2, 0) is 11.2 Å². The zero-order valence-electron chi connectivity index (χ0n) is 13.1. The van der Waals surface area contributed by atoms with Crippen molar-refractivity contribution in [2.45, 2.75) is 31.8 Å². The van der Waals surface area contributed by atoms with Gasteiger partial charge in [0, 0.05) is 25.9 Å². The van der Waals surface area contributed by atoms with E-state index in [1.165, 1.54) is 0 Å². The van der Waals surface area contributed by atoms with E-state index in [4.69, 9.17) is 4.42 Å². The van der Waals surface area contributed by atoms with Gasteiger partial charge in [0.05, 0.1) is 23.7 Å². The Labute approximate surface area is 135 Å². The van der Waals surface area contributed by atoms with Crippen molar-refractivity contribution in [2.75, 3.05) is 23.3 Å². The monoisotopic (exact) mass is 314 g/mol. The summed E-state index contributed by atoms with van der Waals surface area (Å²) in [4.78, 5) is 14.4. The van der Waals surface area contributed by atoms with Gasteiger partial charge in [0.2, 0.25) is 5.91 Å². The van der Waals surface area contributed by atoms with Crippen LogP contribution in [0, 0.1) is 0 Å². The fraction of sp³-hybridized carbons (Fsp3) is 0.389. The Morgan fingerprint density at radius 2 is 2.00 bits per heavy atom. The van der Waals surface area contributed by atoms with E-state index < -0.39 is 0 Å². The van der Waals surface area contributed by atoms with Gasteiger partial charge in [0.1, 0.15) is 5.76 Å². The lowest BCUT2D eigenvalue weighted by Gasteiger charge is -2.32. The van der Waals surface area contributed by atoms with Gasteiger partial charge >= 0.3 is 0 Å². The number of nitrogens with one attached hydrogen (secondary N) is 1. The van der Waals surface area contributed by atoms with Gasteiger partial charge < -0.3 is 19.7 Å². The molecule has 1 fully saturated rings. The van der Waals surface area contributed by atoms with Crippen molar-refractivity contribution in [1.82, 2.24) is 0 Å². The van der Waals surface area contributed by atoms with Gasteiger partial charge in [0.15, 0.2) is 0 Å². The molecule has 122 valence electrons. The Morgan fingerprint density at radius 3 is 2.74 bits per heavy atom. The number of aliphatic hydroxyl groups excluding tert-OH is 1. The molecule has 3 rings (SSSR count). The molecule has 0 spiro atoms. The molecule has 1 amide bonds. The number of rotatable bonds is 5. The smallest absolute Gasteiger partial charge is 0.224 e. The Morgan fingerprint density at radius 1 is 1.22 bits per heavy atom. The highest BCUT2D eigenvalue weighted by atomic mass is 16.3. The molecule has 0 saturated carbocycles. The van der Waals surface area contributed by atoms with Crippen molar-refractivity contribution in [2.24, 2.45) is 0 Å². The SMILES string of the molecule is O=C(CCc1ccco1)Nc1ccccc1N1CCC(O)CC1. The summed E-state index contributed by atoms with van der Waals surface area (Å²) in [6.07, 6.45) is 3.92. The van der Waals surface area contributed by atoms with Gasteiger partial charge in [-0.05, 0) is 37.1 Å². The minimum Gasteiger partial charge on any atom is -0.469 e.